The molecule has 6 aliphatic carbocycles. The van der Waals surface area contributed by atoms with Crippen molar-refractivity contribution in [2.45, 2.75) is 177 Å². The molecule has 1 aliphatic heterocycles. The van der Waals surface area contributed by atoms with Gasteiger partial charge in [0.15, 0.2) is 25.8 Å². The maximum absolute atomic E-state index is 8.25. The molecule has 1 saturated heterocycles. The van der Waals surface area contributed by atoms with Crippen LogP contribution in [0.2, 0.25) is 37.4 Å². The second kappa shape index (κ2) is 41.0. The van der Waals surface area contributed by atoms with Crippen LogP contribution in [0.5, 0.6) is 0 Å². The molecule has 11 heterocycles. The van der Waals surface area contributed by atoms with Crippen molar-refractivity contribution in [1.29, 1.82) is 0 Å². The molecule has 6 saturated carbocycles. The van der Waals surface area contributed by atoms with Gasteiger partial charge in [-0.25, -0.2) is 19.9 Å². The van der Waals surface area contributed by atoms with E-state index < -0.39 is 14.2 Å². The summed E-state index contributed by atoms with van der Waals surface area (Å²) in [5.74, 6) is 5.00. The summed E-state index contributed by atoms with van der Waals surface area (Å²) in [5, 5.41) is 93.5. The molecule has 0 amide bonds. The first-order valence-electron chi connectivity index (χ1n) is 36.5. The summed E-state index contributed by atoms with van der Waals surface area (Å²) < 4.78 is 14.0. The van der Waals surface area contributed by atoms with Gasteiger partial charge in [-0.05, 0) is 258 Å². The van der Waals surface area contributed by atoms with Crippen molar-refractivity contribution in [1.82, 2.24) is 81.1 Å². The number of halogens is 7. The zero-order valence-corrected chi connectivity index (χ0v) is 70.7. The van der Waals surface area contributed by atoms with Gasteiger partial charge in [0.05, 0.1) is 64.8 Å². The summed E-state index contributed by atoms with van der Waals surface area (Å²) in [6.45, 7) is 12.5. The zero-order chi connectivity index (χ0) is 79.5. The SMILES string of the molecule is C[C@H](Nc1ncnc2sccc12)c1ccc(-c2cc(C3CC3)cnn2)cc1.C[C@H](Nc1ncnc2sccc12)c1ccc(B2OC(C)(C)C(C)(C)O2)cc1.Clc1cc(Br)cnn1.Clc1cc(Br)cnn1.Clc1cc(C2CC2)cnn1.Clc1cc(C2CC2)cnn1.Clc1cc(C2CC2)cnn1.OB(O)C1CC1.OB(O)C1CC1. The van der Waals surface area contributed by atoms with Gasteiger partial charge in [-0.3, -0.25) is 0 Å². The number of hydrogen-bond donors (Lipinski definition) is 6. The number of anilines is 2. The Kier molecular flexibility index (Phi) is 31.4. The van der Waals surface area contributed by atoms with Gasteiger partial charge < -0.3 is 40.0 Å². The van der Waals surface area contributed by atoms with Gasteiger partial charge in [-0.1, -0.05) is 132 Å². The van der Waals surface area contributed by atoms with E-state index in [0.717, 1.165) is 83.4 Å². The number of thiophene rings is 2. The van der Waals surface area contributed by atoms with E-state index in [1.807, 2.05) is 35.2 Å². The largest absolute Gasteiger partial charge is 0.494 e. The first-order chi connectivity index (χ1) is 53.8. The highest BCUT2D eigenvalue weighted by molar-refractivity contribution is 9.10. The van der Waals surface area contributed by atoms with E-state index in [4.69, 9.17) is 87.4 Å². The summed E-state index contributed by atoms with van der Waals surface area (Å²) in [6, 6.07) is 32.5. The third-order valence-electron chi connectivity index (χ3n) is 19.0. The highest BCUT2D eigenvalue weighted by atomic mass is 79.9. The third kappa shape index (κ3) is 27.3. The molecule has 0 bridgehead atoms. The van der Waals surface area contributed by atoms with Gasteiger partial charge in [0.2, 0.25) is 0 Å². The molecular weight excluding hydrogens is 1690 g/mol. The van der Waals surface area contributed by atoms with Crippen LogP contribution in [-0.4, -0.2) is 134 Å². The van der Waals surface area contributed by atoms with Crippen LogP contribution in [-0.2, 0) is 9.31 Å². The summed E-state index contributed by atoms with van der Waals surface area (Å²) in [7, 11) is -2.41. The lowest BCUT2D eigenvalue weighted by molar-refractivity contribution is 0.00578. The lowest BCUT2D eigenvalue weighted by atomic mass is 9.78. The minimum Gasteiger partial charge on any atom is -0.427 e. The minimum absolute atomic E-state index is 0.121. The fraction of sp³-hybridized carbons (Fsp3) is 0.368. The Labute approximate surface area is 701 Å². The van der Waals surface area contributed by atoms with Crippen LogP contribution in [0.25, 0.3) is 31.7 Å². The van der Waals surface area contributed by atoms with Crippen molar-refractivity contribution in [3.63, 3.8) is 0 Å². The van der Waals surface area contributed by atoms with Crippen molar-refractivity contribution < 1.29 is 29.4 Å². The van der Waals surface area contributed by atoms with E-state index in [-0.39, 0.29) is 42.0 Å². The molecule has 19 rings (SSSR count). The van der Waals surface area contributed by atoms with Crippen LogP contribution < -0.4 is 16.1 Å². The minimum atomic E-state index is -1.04. The van der Waals surface area contributed by atoms with Gasteiger partial charge in [-0.2, -0.15) is 35.7 Å². The molecule has 0 spiro atoms. The molecule has 2 atom stereocenters. The first kappa shape index (κ1) is 85.8. The fourth-order valence-electron chi connectivity index (χ4n) is 10.8. The Balaban J connectivity index is 0.000000133. The van der Waals surface area contributed by atoms with Crippen molar-refractivity contribution in [2.75, 3.05) is 10.6 Å². The van der Waals surface area contributed by atoms with Crippen LogP contribution >= 0.6 is 113 Å². The predicted octanol–water partition coefficient (Wildman–Crippen LogP) is 18.4. The molecule has 0 radical (unpaired) electrons. The number of hydrogen-bond acceptors (Lipinski definition) is 26. The average molecular weight is 1780 g/mol. The van der Waals surface area contributed by atoms with E-state index in [9.17, 15) is 0 Å². The maximum Gasteiger partial charge on any atom is 0.494 e. The Morgan fingerprint density at radius 2 is 0.768 bits per heavy atom. The van der Waals surface area contributed by atoms with Crippen LogP contribution in [0.4, 0.5) is 11.6 Å². The average Bonchev–Trinajstić information content (AvgIpc) is 1.62. The van der Waals surface area contributed by atoms with Crippen LogP contribution in [0.3, 0.4) is 0 Å². The first-order valence-corrected chi connectivity index (χ1v) is 41.8. The van der Waals surface area contributed by atoms with Crippen LogP contribution in [0.15, 0.2) is 167 Å². The van der Waals surface area contributed by atoms with Gasteiger partial charge >= 0.3 is 21.4 Å². The van der Waals surface area contributed by atoms with Crippen LogP contribution in [0, 0.1) is 0 Å². The summed E-state index contributed by atoms with van der Waals surface area (Å²) >= 11 is 37.4. The van der Waals surface area contributed by atoms with E-state index in [1.54, 1.807) is 78.4 Å². The monoisotopic (exact) mass is 1770 g/mol. The lowest BCUT2D eigenvalue weighted by Gasteiger charge is -2.32. The number of rotatable bonds is 14. The molecule has 2 aromatic carbocycles. The summed E-state index contributed by atoms with van der Waals surface area (Å²) in [5.41, 5.74) is 9.82. The van der Waals surface area contributed by atoms with Crippen molar-refractivity contribution in [3.8, 4) is 11.3 Å². The van der Waals surface area contributed by atoms with Crippen molar-refractivity contribution in [2.24, 2.45) is 0 Å². The maximum atomic E-state index is 8.25. The topological polar surface area (TPSA) is 330 Å². The van der Waals surface area contributed by atoms with Gasteiger partial charge in [0, 0.05) is 26.6 Å². The van der Waals surface area contributed by atoms with E-state index in [1.165, 1.54) is 84.7 Å². The standard InChI is InChI=1S/C21H19N5S.C20H24BN3O2S.3C7H7ClN2.2C4H2BrClN2.2C3H7BO2/c1-13(25-20-18-8-9-27-21(18)23-12-22-20)14-2-6-16(7-3-14)19-10-17(11-24-26-19)15-4-5-15;1-13(24-17-16-10-11-27-18(16)23-12-22-17)14-6-8-15(9-7-14)21-25-19(2,3)20(4,5)26-21;3*8-7-3-6(4-9-10-7)5-1-2-5;2*5-3-1-4(6)8-7-2-3;2*5-4(6)3-1-2-3/h2-3,6-13,15H,4-5H2,1H3,(H,22,23,25);6-13H,1-5H3,(H,22,23,24);3*3-5H,1-2H2;2*1-2H;2*3,5-6H,1-2H2/t2*13-;;;;;;;/m00......./s1. The van der Waals surface area contributed by atoms with Gasteiger partial charge in [0.25, 0.3) is 0 Å². The number of benzene rings is 2. The highest BCUT2D eigenvalue weighted by Crippen LogP contribution is 2.44. The number of fused-ring (bicyclic) bond motifs is 2. The molecule has 7 aliphatic rings. The normalized spacial score (nSPS) is 16.5. The Morgan fingerprint density at radius 1 is 0.438 bits per heavy atom. The van der Waals surface area contributed by atoms with Crippen LogP contribution in [0.1, 0.15) is 188 Å². The molecule has 112 heavy (non-hydrogen) atoms. The van der Waals surface area contributed by atoms with E-state index >= 15 is 0 Å². The summed E-state index contributed by atoms with van der Waals surface area (Å²) in [6.07, 6.45) is 27.9. The quantitative estimate of drug-likeness (QED) is 0.0551. The number of aromatic nitrogens is 16. The van der Waals surface area contributed by atoms with E-state index in [2.05, 4.69) is 232 Å². The fourth-order valence-corrected chi connectivity index (χ4v) is 14.0. The molecule has 24 nitrogen and oxygen atoms in total. The molecule has 6 N–H and O–H groups in total. The Bertz CT molecular complexity index is 4750. The molecular formula is C76H82B3Br2Cl5N18O6S2. The molecule has 7 fully saturated rings. The Morgan fingerprint density at radius 3 is 1.07 bits per heavy atom. The summed E-state index contributed by atoms with van der Waals surface area (Å²) in [4.78, 5) is 19.4. The second-order valence-corrected chi connectivity index (χ2v) is 34.2. The molecule has 0 unspecified atom stereocenters. The number of nitrogens with one attached hydrogen (secondary N) is 2. The molecule has 36 heteroatoms. The molecule has 582 valence electrons. The molecule has 10 aromatic heterocycles. The third-order valence-corrected chi connectivity index (χ3v) is 22.4. The molecule has 12 aromatic rings. The lowest BCUT2D eigenvalue weighted by Crippen LogP contribution is -2.41. The smallest absolute Gasteiger partial charge is 0.427 e. The van der Waals surface area contributed by atoms with Crippen molar-refractivity contribution >= 4 is 171 Å². The van der Waals surface area contributed by atoms with E-state index in [0.29, 0.717) is 49.4 Å². The van der Waals surface area contributed by atoms with Crippen molar-refractivity contribution in [3.05, 3.63) is 226 Å². The highest BCUT2D eigenvalue weighted by Gasteiger charge is 2.51. The zero-order valence-electron chi connectivity index (χ0n) is 62.1. The predicted molar refractivity (Wildman–Crippen MR) is 453 cm³/mol. The van der Waals surface area contributed by atoms with Gasteiger partial charge in [0.1, 0.15) is 34.0 Å². The Hall–Kier alpha value is -7.04. The van der Waals surface area contributed by atoms with Gasteiger partial charge in [-0.15, -0.1) is 48.2 Å². The number of nitrogens with zero attached hydrogens (tertiary/aromatic N) is 16. The second-order valence-electron chi connectivity index (χ2n) is 28.6.